The average Bonchev–Trinajstić information content (AvgIpc) is 2.65. The molecule has 0 bridgehead atoms. The molecular formula is C16H17BN2O6. The highest BCUT2D eigenvalue weighted by atomic mass is 16.6. The number of ether oxygens (including phenoxy) is 2. The van der Waals surface area contributed by atoms with Crippen molar-refractivity contribution >= 4 is 31.4 Å². The minimum Gasteiger partial charge on any atom is -0.463 e. The van der Waals surface area contributed by atoms with Crippen molar-refractivity contribution in [3.63, 3.8) is 0 Å². The van der Waals surface area contributed by atoms with Crippen LogP contribution in [0.25, 0.3) is 0 Å². The fourth-order valence-electron chi connectivity index (χ4n) is 2.22. The lowest BCUT2D eigenvalue weighted by Crippen LogP contribution is -2.43. The van der Waals surface area contributed by atoms with Crippen LogP contribution in [-0.2, 0) is 19.1 Å². The number of carbonyl (C=O) groups is 4. The number of amides is 1. The van der Waals surface area contributed by atoms with Crippen LogP contribution in [0.5, 0.6) is 0 Å². The van der Waals surface area contributed by atoms with Crippen molar-refractivity contribution in [3.05, 3.63) is 35.9 Å². The Labute approximate surface area is 145 Å². The summed E-state index contributed by atoms with van der Waals surface area (Å²) in [5, 5.41) is 5.03. The Bertz CT molecular complexity index is 651. The number of benzene rings is 1. The summed E-state index contributed by atoms with van der Waals surface area (Å²) in [5.41, 5.74) is 0.486. The normalized spacial score (nSPS) is 21.1. The van der Waals surface area contributed by atoms with Gasteiger partial charge in [0.05, 0.1) is 19.0 Å². The summed E-state index contributed by atoms with van der Waals surface area (Å²) in [6, 6.07) is 6.80. The molecule has 1 fully saturated rings. The molecule has 25 heavy (non-hydrogen) atoms. The first-order valence-electron chi connectivity index (χ1n) is 7.65. The number of carbonyl (C=O) groups excluding carboxylic acids is 4. The molecule has 1 aliphatic heterocycles. The minimum absolute atomic E-state index is 0.139. The highest BCUT2D eigenvalue weighted by molar-refractivity contribution is 6.57. The molecule has 2 unspecified atom stereocenters. The van der Waals surface area contributed by atoms with Crippen molar-refractivity contribution in [3.8, 4) is 0 Å². The molecule has 2 N–H and O–H groups in total. The standard InChI is InChI=1S/C16H17BN2O6/c17-16(23)19-11-8-24-14(21)6-12(15(22)25-9-11)18-7-13(20)10-4-2-1-3-5-10/h1-5,11-12,18H,6-9H2,(H,19,23). The molecule has 2 atom stereocenters. The Balaban J connectivity index is 1.95. The molecule has 1 aliphatic rings. The molecule has 0 aromatic heterocycles. The van der Waals surface area contributed by atoms with Crippen molar-refractivity contribution in [2.24, 2.45) is 0 Å². The second-order valence-corrected chi connectivity index (χ2v) is 5.45. The monoisotopic (exact) mass is 344 g/mol. The van der Waals surface area contributed by atoms with E-state index in [-0.39, 0.29) is 32.0 Å². The van der Waals surface area contributed by atoms with E-state index in [1.807, 2.05) is 0 Å². The van der Waals surface area contributed by atoms with Crippen LogP contribution in [-0.4, -0.2) is 63.2 Å². The Morgan fingerprint density at radius 1 is 1.12 bits per heavy atom. The zero-order valence-corrected chi connectivity index (χ0v) is 13.4. The lowest BCUT2D eigenvalue weighted by molar-refractivity contribution is -0.149. The van der Waals surface area contributed by atoms with Gasteiger partial charge in [0.2, 0.25) is 7.85 Å². The fraction of sp³-hybridized carbons (Fsp3) is 0.375. The number of hydrogen-bond acceptors (Lipinski definition) is 7. The minimum atomic E-state index is -1.02. The third-order valence-electron chi connectivity index (χ3n) is 3.48. The molecule has 130 valence electrons. The van der Waals surface area contributed by atoms with Gasteiger partial charge in [-0.25, -0.2) is 0 Å². The molecule has 1 aromatic carbocycles. The SMILES string of the molecule is [B]C(=O)NC1COC(=O)CC(NCC(=O)c2ccccc2)C(=O)OC1. The molecule has 8 nitrogen and oxygen atoms in total. The molecule has 1 amide bonds. The fourth-order valence-corrected chi connectivity index (χ4v) is 2.22. The number of Topliss-reactive ketones (excluding diaryl/α,β-unsaturated/α-hetero) is 1. The van der Waals surface area contributed by atoms with Crippen molar-refractivity contribution in [1.29, 1.82) is 0 Å². The molecule has 1 saturated heterocycles. The van der Waals surface area contributed by atoms with E-state index in [2.05, 4.69) is 10.6 Å². The van der Waals surface area contributed by atoms with E-state index in [0.717, 1.165) is 0 Å². The van der Waals surface area contributed by atoms with E-state index >= 15 is 0 Å². The summed E-state index contributed by atoms with van der Waals surface area (Å²) in [5.74, 6) is -2.41. The lowest BCUT2D eigenvalue weighted by atomic mass is 10.1. The number of hydrogen-bond donors (Lipinski definition) is 2. The van der Waals surface area contributed by atoms with Gasteiger partial charge in [-0.1, -0.05) is 30.3 Å². The molecule has 2 radical (unpaired) electrons. The topological polar surface area (TPSA) is 111 Å². The van der Waals surface area contributed by atoms with E-state index in [1.54, 1.807) is 30.3 Å². The summed E-state index contributed by atoms with van der Waals surface area (Å²) in [6.07, 6.45) is -0.288. The quantitative estimate of drug-likeness (QED) is 0.423. The predicted octanol–water partition coefficient (Wildman–Crippen LogP) is -0.436. The van der Waals surface area contributed by atoms with Gasteiger partial charge >= 0.3 is 11.9 Å². The van der Waals surface area contributed by atoms with E-state index in [4.69, 9.17) is 17.3 Å². The van der Waals surface area contributed by atoms with E-state index < -0.39 is 29.8 Å². The first-order chi connectivity index (χ1) is 12.0. The van der Waals surface area contributed by atoms with Crippen molar-refractivity contribution in [1.82, 2.24) is 10.6 Å². The van der Waals surface area contributed by atoms with Crippen LogP contribution in [0.15, 0.2) is 30.3 Å². The van der Waals surface area contributed by atoms with E-state index in [9.17, 15) is 19.2 Å². The Morgan fingerprint density at radius 2 is 1.80 bits per heavy atom. The number of ketones is 1. The molecule has 1 aromatic rings. The zero-order valence-electron chi connectivity index (χ0n) is 13.4. The maximum absolute atomic E-state index is 12.1. The second kappa shape index (κ2) is 8.98. The number of nitrogens with one attached hydrogen (secondary N) is 2. The van der Waals surface area contributed by atoms with Gasteiger partial charge in [-0.2, -0.15) is 0 Å². The largest absolute Gasteiger partial charge is 0.463 e. The first kappa shape index (κ1) is 18.7. The van der Waals surface area contributed by atoms with Crippen LogP contribution in [0.1, 0.15) is 16.8 Å². The van der Waals surface area contributed by atoms with Gasteiger partial charge in [0.25, 0.3) is 0 Å². The molecule has 9 heteroatoms. The predicted molar refractivity (Wildman–Crippen MR) is 87.2 cm³/mol. The van der Waals surface area contributed by atoms with Crippen molar-refractivity contribution < 1.29 is 28.7 Å². The Kier molecular flexibility index (Phi) is 6.70. The summed E-state index contributed by atoms with van der Waals surface area (Å²) in [7, 11) is 5.00. The summed E-state index contributed by atoms with van der Waals surface area (Å²) >= 11 is 0. The maximum atomic E-state index is 12.1. The van der Waals surface area contributed by atoms with Gasteiger partial charge < -0.3 is 14.8 Å². The van der Waals surface area contributed by atoms with Crippen LogP contribution < -0.4 is 10.6 Å². The number of cyclic esters (lactones) is 2. The zero-order chi connectivity index (χ0) is 18.2. The molecule has 0 spiro atoms. The highest BCUT2D eigenvalue weighted by Crippen LogP contribution is 2.05. The van der Waals surface area contributed by atoms with Gasteiger partial charge in [-0.05, 0) is 0 Å². The van der Waals surface area contributed by atoms with Crippen LogP contribution in [0, 0.1) is 0 Å². The molecule has 2 rings (SSSR count). The lowest BCUT2D eigenvalue weighted by Gasteiger charge is -2.17. The third kappa shape index (κ3) is 6.04. The van der Waals surface area contributed by atoms with E-state index in [0.29, 0.717) is 5.56 Å². The van der Waals surface area contributed by atoms with Gasteiger partial charge in [-0.3, -0.25) is 24.5 Å². The smallest absolute Gasteiger partial charge is 0.323 e. The molecule has 1 heterocycles. The molecular weight excluding hydrogens is 327 g/mol. The van der Waals surface area contributed by atoms with Crippen LogP contribution in [0.4, 0.5) is 4.79 Å². The summed E-state index contributed by atoms with van der Waals surface area (Å²) in [4.78, 5) is 46.8. The molecule has 0 aliphatic carbocycles. The second-order valence-electron chi connectivity index (χ2n) is 5.45. The van der Waals surface area contributed by atoms with Gasteiger partial charge in [-0.15, -0.1) is 0 Å². The number of esters is 2. The Hall–Kier alpha value is -2.68. The van der Waals surface area contributed by atoms with Gasteiger partial charge in [0.15, 0.2) is 11.6 Å². The average molecular weight is 344 g/mol. The summed E-state index contributed by atoms with van der Waals surface area (Å²) in [6.45, 7) is -0.495. The highest BCUT2D eigenvalue weighted by Gasteiger charge is 2.28. The summed E-state index contributed by atoms with van der Waals surface area (Å²) < 4.78 is 10.0. The van der Waals surface area contributed by atoms with Gasteiger partial charge in [0, 0.05) is 5.56 Å². The van der Waals surface area contributed by atoms with Gasteiger partial charge in [0.1, 0.15) is 19.3 Å². The van der Waals surface area contributed by atoms with Crippen molar-refractivity contribution in [2.75, 3.05) is 19.8 Å². The van der Waals surface area contributed by atoms with Crippen molar-refractivity contribution in [2.45, 2.75) is 18.5 Å². The third-order valence-corrected chi connectivity index (χ3v) is 3.48. The van der Waals surface area contributed by atoms with Crippen LogP contribution >= 0.6 is 0 Å². The number of rotatable bonds is 5. The first-order valence-corrected chi connectivity index (χ1v) is 7.65. The molecule has 0 saturated carbocycles. The van der Waals surface area contributed by atoms with Crippen LogP contribution in [0.3, 0.4) is 0 Å². The Morgan fingerprint density at radius 3 is 2.48 bits per heavy atom. The maximum Gasteiger partial charge on any atom is 0.323 e. The van der Waals surface area contributed by atoms with Crippen LogP contribution in [0.2, 0.25) is 0 Å². The van der Waals surface area contributed by atoms with E-state index in [1.165, 1.54) is 0 Å².